The minimum absolute atomic E-state index is 0.160. The molecule has 3 aromatic rings. The van der Waals surface area contributed by atoms with Gasteiger partial charge in [-0.2, -0.15) is 0 Å². The van der Waals surface area contributed by atoms with Gasteiger partial charge in [-0.3, -0.25) is 14.2 Å². The number of nitrogens with zero attached hydrogens (tertiary/aromatic N) is 2. The monoisotopic (exact) mass is 644 g/mol. The number of thiazole rings is 1. The Morgan fingerprint density at radius 2 is 1.85 bits per heavy atom. The molecule has 0 aliphatic carbocycles. The lowest BCUT2D eigenvalue weighted by molar-refractivity contribution is -0.139. The maximum Gasteiger partial charge on any atom is 0.338 e. The number of halogens is 1. The second kappa shape index (κ2) is 12.7. The molecule has 216 valence electrons. The molecule has 0 N–H and O–H groups in total. The molecule has 0 bridgehead atoms. The summed E-state index contributed by atoms with van der Waals surface area (Å²) < 4.78 is 29.7. The van der Waals surface area contributed by atoms with Gasteiger partial charge in [-0.05, 0) is 72.6 Å². The van der Waals surface area contributed by atoms with Crippen molar-refractivity contribution >= 4 is 45.3 Å². The van der Waals surface area contributed by atoms with E-state index < -0.39 is 18.0 Å². The third-order valence-corrected chi connectivity index (χ3v) is 7.70. The highest BCUT2D eigenvalue weighted by Crippen LogP contribution is 2.39. The molecule has 1 aromatic heterocycles. The van der Waals surface area contributed by atoms with Crippen LogP contribution >= 0.6 is 27.3 Å². The Bertz CT molecular complexity index is 1720. The number of carbonyl (C=O) groups excluding carboxylic acids is 2. The number of ether oxygens (including phenoxy) is 5. The first-order valence-corrected chi connectivity index (χ1v) is 14.3. The van der Waals surface area contributed by atoms with Crippen LogP contribution in [-0.4, -0.2) is 43.9 Å². The minimum atomic E-state index is -0.856. The molecule has 0 unspecified atom stereocenters. The highest BCUT2D eigenvalue weighted by atomic mass is 79.9. The molecule has 10 nitrogen and oxygen atoms in total. The van der Waals surface area contributed by atoms with Crippen LogP contribution in [-0.2, 0) is 14.3 Å². The van der Waals surface area contributed by atoms with E-state index in [0.29, 0.717) is 54.5 Å². The molecule has 0 saturated carbocycles. The number of methoxy groups -OCH3 is 2. The summed E-state index contributed by atoms with van der Waals surface area (Å²) >= 11 is 4.62. The van der Waals surface area contributed by atoms with E-state index in [-0.39, 0.29) is 23.5 Å². The van der Waals surface area contributed by atoms with Gasteiger partial charge in [-0.1, -0.05) is 11.3 Å². The molecule has 4 rings (SSSR count). The Morgan fingerprint density at radius 1 is 1.10 bits per heavy atom. The van der Waals surface area contributed by atoms with Crippen molar-refractivity contribution < 1.29 is 33.3 Å². The van der Waals surface area contributed by atoms with Crippen molar-refractivity contribution in [3.05, 3.63) is 76.9 Å². The molecule has 0 fully saturated rings. The molecule has 1 atom stereocenters. The largest absolute Gasteiger partial charge is 0.497 e. The van der Waals surface area contributed by atoms with E-state index >= 15 is 0 Å². The molecule has 12 heteroatoms. The number of hydrogen-bond acceptors (Lipinski definition) is 10. The van der Waals surface area contributed by atoms with E-state index in [0.717, 1.165) is 0 Å². The summed E-state index contributed by atoms with van der Waals surface area (Å²) in [5.41, 5.74) is 1.52. The molecular weight excluding hydrogens is 616 g/mol. The number of esters is 2. The Balaban J connectivity index is 1.96. The Kier molecular flexibility index (Phi) is 9.34. The van der Waals surface area contributed by atoms with Crippen LogP contribution in [0, 0.1) is 0 Å². The van der Waals surface area contributed by atoms with Crippen molar-refractivity contribution in [1.29, 1.82) is 0 Å². The normalized spacial score (nSPS) is 14.7. The van der Waals surface area contributed by atoms with Crippen molar-refractivity contribution in [3.8, 4) is 23.0 Å². The van der Waals surface area contributed by atoms with Gasteiger partial charge in [-0.25, -0.2) is 9.79 Å². The lowest BCUT2D eigenvalue weighted by Crippen LogP contribution is -2.40. The number of fused-ring (bicyclic) bond motifs is 1. The van der Waals surface area contributed by atoms with Gasteiger partial charge in [0.25, 0.3) is 5.56 Å². The second-order valence-electron chi connectivity index (χ2n) is 8.77. The third-order valence-electron chi connectivity index (χ3n) is 6.13. The Hall–Kier alpha value is -3.90. The summed E-state index contributed by atoms with van der Waals surface area (Å²) in [7, 11) is 3.05. The van der Waals surface area contributed by atoms with E-state index in [4.69, 9.17) is 23.7 Å². The lowest BCUT2D eigenvalue weighted by atomic mass is 9.95. The maximum absolute atomic E-state index is 14.0. The van der Waals surface area contributed by atoms with Crippen LogP contribution in [0.2, 0.25) is 0 Å². The third kappa shape index (κ3) is 6.08. The zero-order chi connectivity index (χ0) is 29.8. The topological polar surface area (TPSA) is 115 Å². The quantitative estimate of drug-likeness (QED) is 0.254. The van der Waals surface area contributed by atoms with Crippen LogP contribution < -0.4 is 33.8 Å². The first-order valence-electron chi connectivity index (χ1n) is 12.7. The fourth-order valence-electron chi connectivity index (χ4n) is 4.46. The van der Waals surface area contributed by atoms with Crippen LogP contribution in [0.3, 0.4) is 0 Å². The van der Waals surface area contributed by atoms with Crippen LogP contribution in [0.1, 0.15) is 44.9 Å². The summed E-state index contributed by atoms with van der Waals surface area (Å²) in [5, 5.41) is 0. The van der Waals surface area contributed by atoms with Crippen molar-refractivity contribution in [2.75, 3.05) is 27.4 Å². The zero-order valence-corrected chi connectivity index (χ0v) is 25.8. The molecule has 0 spiro atoms. The Labute approximate surface area is 248 Å². The van der Waals surface area contributed by atoms with Gasteiger partial charge in [0.05, 0.1) is 47.7 Å². The van der Waals surface area contributed by atoms with Gasteiger partial charge >= 0.3 is 11.9 Å². The maximum atomic E-state index is 14.0. The van der Waals surface area contributed by atoms with Gasteiger partial charge in [-0.15, -0.1) is 0 Å². The number of carbonyl (C=O) groups is 2. The second-order valence-corrected chi connectivity index (χ2v) is 10.6. The molecule has 1 aliphatic heterocycles. The highest BCUT2D eigenvalue weighted by Gasteiger charge is 2.35. The van der Waals surface area contributed by atoms with Crippen molar-refractivity contribution in [1.82, 2.24) is 4.57 Å². The summed E-state index contributed by atoms with van der Waals surface area (Å²) in [5.74, 6) is 0.527. The fraction of sp³-hybridized carbons (Fsp3) is 0.310. The van der Waals surface area contributed by atoms with E-state index in [1.807, 2.05) is 6.92 Å². The first kappa shape index (κ1) is 30.1. The van der Waals surface area contributed by atoms with Crippen LogP contribution in [0.25, 0.3) is 6.08 Å². The summed E-state index contributed by atoms with van der Waals surface area (Å²) in [4.78, 5) is 43.8. The average Bonchev–Trinajstić information content (AvgIpc) is 3.23. The fourth-order valence-corrected chi connectivity index (χ4v) is 6.05. The summed E-state index contributed by atoms with van der Waals surface area (Å²) in [6, 6.07) is 7.74. The number of allylic oxidation sites excluding steroid dienone is 1. The predicted molar refractivity (Wildman–Crippen MR) is 157 cm³/mol. The molecular formula is C29H29BrN2O8S. The SMILES string of the molecule is CCOC(=O)C1=C(C)N=c2s/c(=C\c3cc(Br)c(OC(C)=O)c(OCC)c3)c(=O)n2[C@H]1c1ccc(OC)cc1OC. The highest BCUT2D eigenvalue weighted by molar-refractivity contribution is 9.10. The van der Waals surface area contributed by atoms with Crippen molar-refractivity contribution in [3.63, 3.8) is 0 Å². The van der Waals surface area contributed by atoms with Gasteiger partial charge in [0.15, 0.2) is 16.3 Å². The van der Waals surface area contributed by atoms with E-state index in [9.17, 15) is 14.4 Å². The van der Waals surface area contributed by atoms with E-state index in [1.54, 1.807) is 57.4 Å². The Morgan fingerprint density at radius 3 is 2.49 bits per heavy atom. The number of benzene rings is 2. The van der Waals surface area contributed by atoms with Crippen LogP contribution in [0.5, 0.6) is 23.0 Å². The molecule has 2 heterocycles. The molecule has 0 radical (unpaired) electrons. The molecule has 0 saturated heterocycles. The predicted octanol–water partition coefficient (Wildman–Crippen LogP) is 3.90. The number of hydrogen-bond donors (Lipinski definition) is 0. The first-order chi connectivity index (χ1) is 19.6. The van der Waals surface area contributed by atoms with Crippen molar-refractivity contribution in [2.24, 2.45) is 4.99 Å². The van der Waals surface area contributed by atoms with Crippen LogP contribution in [0.15, 0.2) is 55.9 Å². The van der Waals surface area contributed by atoms with E-state index in [2.05, 4.69) is 20.9 Å². The smallest absolute Gasteiger partial charge is 0.338 e. The number of rotatable bonds is 9. The van der Waals surface area contributed by atoms with Crippen LogP contribution in [0.4, 0.5) is 0 Å². The molecule has 2 aromatic carbocycles. The van der Waals surface area contributed by atoms with Gasteiger partial charge < -0.3 is 23.7 Å². The van der Waals surface area contributed by atoms with Gasteiger partial charge in [0.1, 0.15) is 17.5 Å². The van der Waals surface area contributed by atoms with Crippen molar-refractivity contribution in [2.45, 2.75) is 33.7 Å². The van der Waals surface area contributed by atoms with E-state index in [1.165, 1.54) is 29.9 Å². The van der Waals surface area contributed by atoms with Gasteiger partial charge in [0.2, 0.25) is 0 Å². The summed E-state index contributed by atoms with van der Waals surface area (Å²) in [6.45, 7) is 7.04. The molecule has 41 heavy (non-hydrogen) atoms. The average molecular weight is 646 g/mol. The lowest BCUT2D eigenvalue weighted by Gasteiger charge is -2.26. The standard InChI is InChI=1S/C29H29BrN2O8S/c1-7-38-22-12-17(11-20(30)26(22)40-16(4)33)13-23-27(34)32-25(19-10-9-18(36-5)14-21(19)37-6)24(28(35)39-8-2)15(3)31-29(32)41-23/h9-14,25H,7-8H2,1-6H3/b23-13-/t25-/m0/s1. The van der Waals surface area contributed by atoms with Gasteiger partial charge in [0, 0.05) is 18.6 Å². The molecule has 0 amide bonds. The summed E-state index contributed by atoms with van der Waals surface area (Å²) in [6.07, 6.45) is 1.69. The minimum Gasteiger partial charge on any atom is -0.497 e. The zero-order valence-electron chi connectivity index (χ0n) is 23.4. The number of aromatic nitrogens is 1. The molecule has 1 aliphatic rings.